The van der Waals surface area contributed by atoms with Crippen LogP contribution in [0.2, 0.25) is 0 Å². The van der Waals surface area contributed by atoms with Crippen molar-refractivity contribution in [1.29, 1.82) is 0 Å². The Bertz CT molecular complexity index is 863. The van der Waals surface area contributed by atoms with Gasteiger partial charge < -0.3 is 14.1 Å². The van der Waals surface area contributed by atoms with Crippen molar-refractivity contribution in [2.45, 2.75) is 104 Å². The summed E-state index contributed by atoms with van der Waals surface area (Å²) in [5.74, 6) is 1.94. The van der Waals surface area contributed by atoms with E-state index >= 15 is 0 Å². The fourth-order valence-electron chi connectivity index (χ4n) is 11.3. The molecule has 5 rings (SSSR count). The maximum absolute atomic E-state index is 11.7. The van der Waals surface area contributed by atoms with Crippen LogP contribution in [0, 0.1) is 39.4 Å². The lowest BCUT2D eigenvalue weighted by Gasteiger charge is -2.62. The minimum absolute atomic E-state index is 0.148. The molecule has 34 heavy (non-hydrogen) atoms. The SMILES string of the molecule is C=C1[C@@H]2CC[C@@H]3[C@]4(CC[C@]5(C)[C@@H]([C@H](C)[N+](C)(C)CC)[C@H](O)C[C@@]35C)C[C@]24CC[C@@H]1[N+](C)(C)CC. The summed E-state index contributed by atoms with van der Waals surface area (Å²) in [4.78, 5) is 0. The lowest BCUT2D eigenvalue weighted by molar-refractivity contribution is -0.916. The summed E-state index contributed by atoms with van der Waals surface area (Å²) in [7, 11) is 9.60. The molecule has 0 amide bonds. The smallest absolute Gasteiger partial charge is 0.110 e. The summed E-state index contributed by atoms with van der Waals surface area (Å²) in [5.41, 5.74) is 3.19. The Kier molecular flexibility index (Phi) is 5.46. The van der Waals surface area contributed by atoms with Gasteiger partial charge in [-0.05, 0) is 105 Å². The summed E-state index contributed by atoms with van der Waals surface area (Å²) < 4.78 is 2.12. The molecule has 5 aliphatic carbocycles. The topological polar surface area (TPSA) is 20.2 Å². The molecule has 194 valence electrons. The van der Waals surface area contributed by atoms with Crippen molar-refractivity contribution in [2.24, 2.45) is 39.4 Å². The van der Waals surface area contributed by atoms with Crippen LogP contribution < -0.4 is 0 Å². The third-order valence-corrected chi connectivity index (χ3v) is 14.4. The molecule has 3 heteroatoms. The van der Waals surface area contributed by atoms with Gasteiger partial charge in [-0.15, -0.1) is 0 Å². The average molecular weight is 473 g/mol. The number of likely N-dealkylation sites (N-methyl/N-ethyl adjacent to an activating group) is 1. The highest BCUT2D eigenvalue weighted by Gasteiger charge is 2.82. The first-order valence-corrected chi connectivity index (χ1v) is 14.7. The Labute approximate surface area is 211 Å². The first-order valence-electron chi connectivity index (χ1n) is 14.7. The van der Waals surface area contributed by atoms with Gasteiger partial charge in [0.1, 0.15) is 6.04 Å². The standard InChI is InChI=1S/C31H56N2O/c1-11-32(7,8)22(4)27-25(34)19-29(6)26-14-13-23-21(3)24(33(9,10)12-2)15-16-30(23)20-31(26,30)18-17-28(27,29)5/h22-27,34H,3,11-20H2,1-2,4-10H3/q+2/t22-,23-,24-,25+,26-,27-,28+,29-,30+,31-/m0/s1. The Morgan fingerprint density at radius 3 is 2.24 bits per heavy atom. The molecule has 0 bridgehead atoms. The van der Waals surface area contributed by atoms with E-state index in [1.54, 1.807) is 5.57 Å². The van der Waals surface area contributed by atoms with Gasteiger partial charge in [-0.2, -0.15) is 0 Å². The minimum atomic E-state index is -0.148. The predicted octanol–water partition coefficient (Wildman–Crippen LogP) is 5.88. The van der Waals surface area contributed by atoms with Gasteiger partial charge in [0.2, 0.25) is 0 Å². The number of hydrogen-bond donors (Lipinski definition) is 1. The van der Waals surface area contributed by atoms with Crippen LogP contribution in [0.1, 0.15) is 86.0 Å². The molecule has 3 nitrogen and oxygen atoms in total. The van der Waals surface area contributed by atoms with Gasteiger partial charge in [0.25, 0.3) is 0 Å². The van der Waals surface area contributed by atoms with Gasteiger partial charge in [-0.25, -0.2) is 0 Å². The molecule has 0 unspecified atom stereocenters. The lowest BCUT2D eigenvalue weighted by Crippen LogP contribution is -2.60. The largest absolute Gasteiger partial charge is 0.393 e. The summed E-state index contributed by atoms with van der Waals surface area (Å²) >= 11 is 0. The van der Waals surface area contributed by atoms with Gasteiger partial charge in [-0.3, -0.25) is 0 Å². The fraction of sp³-hybridized carbons (Fsp3) is 0.935. The number of aliphatic hydroxyl groups is 1. The highest BCUT2D eigenvalue weighted by molar-refractivity contribution is 5.35. The molecule has 0 radical (unpaired) electrons. The molecule has 2 spiro atoms. The monoisotopic (exact) mass is 472 g/mol. The molecule has 10 atom stereocenters. The number of fused-ring (bicyclic) bond motifs is 2. The number of hydrogen-bond acceptors (Lipinski definition) is 1. The van der Waals surface area contributed by atoms with Gasteiger partial charge >= 0.3 is 0 Å². The summed E-state index contributed by atoms with van der Waals surface area (Å²) in [6.45, 7) is 19.5. The Balaban J connectivity index is 1.47. The number of aliphatic hydroxyl groups excluding tert-OH is 1. The highest BCUT2D eigenvalue weighted by atomic mass is 16.3. The summed E-state index contributed by atoms with van der Waals surface area (Å²) in [6.07, 6.45) is 10.5. The molecule has 0 saturated heterocycles. The van der Waals surface area contributed by atoms with Crippen LogP contribution in [0.4, 0.5) is 0 Å². The molecular formula is C31H56N2O+2. The van der Waals surface area contributed by atoms with Crippen molar-refractivity contribution < 1.29 is 14.1 Å². The molecule has 1 N–H and O–H groups in total. The summed E-state index contributed by atoms with van der Waals surface area (Å²) in [5, 5.41) is 11.7. The quantitative estimate of drug-likeness (QED) is 0.391. The van der Waals surface area contributed by atoms with Gasteiger partial charge in [0.05, 0.1) is 53.4 Å². The maximum atomic E-state index is 11.7. The van der Waals surface area contributed by atoms with Crippen LogP contribution in [-0.4, -0.2) is 73.5 Å². The van der Waals surface area contributed by atoms with E-state index in [0.717, 1.165) is 33.8 Å². The molecule has 0 aromatic rings. The minimum Gasteiger partial charge on any atom is -0.393 e. The van der Waals surface area contributed by atoms with Crippen LogP contribution in [0.3, 0.4) is 0 Å². The molecule has 0 aromatic carbocycles. The Hall–Kier alpha value is -0.380. The van der Waals surface area contributed by atoms with Gasteiger partial charge in [0, 0.05) is 12.3 Å². The van der Waals surface area contributed by atoms with E-state index in [0.29, 0.717) is 28.8 Å². The Morgan fingerprint density at radius 1 is 0.941 bits per heavy atom. The van der Waals surface area contributed by atoms with Crippen LogP contribution in [-0.2, 0) is 0 Å². The maximum Gasteiger partial charge on any atom is 0.110 e. The van der Waals surface area contributed by atoms with Crippen LogP contribution >= 0.6 is 0 Å². The molecule has 5 saturated carbocycles. The zero-order valence-corrected chi connectivity index (χ0v) is 24.1. The summed E-state index contributed by atoms with van der Waals surface area (Å²) in [6, 6.07) is 1.14. The number of quaternary nitrogens is 2. The van der Waals surface area contributed by atoms with Crippen molar-refractivity contribution in [2.75, 3.05) is 41.3 Å². The van der Waals surface area contributed by atoms with Crippen LogP contribution in [0.5, 0.6) is 0 Å². The average Bonchev–Trinajstić information content (AvgIpc) is 3.38. The van der Waals surface area contributed by atoms with E-state index in [1.807, 2.05) is 0 Å². The van der Waals surface area contributed by atoms with E-state index in [4.69, 9.17) is 6.58 Å². The predicted molar refractivity (Wildman–Crippen MR) is 142 cm³/mol. The molecular weight excluding hydrogens is 416 g/mol. The third-order valence-electron chi connectivity index (χ3n) is 14.4. The van der Waals surface area contributed by atoms with Crippen molar-refractivity contribution in [3.8, 4) is 0 Å². The normalized spacial score (nSPS) is 51.2. The molecule has 5 fully saturated rings. The van der Waals surface area contributed by atoms with Crippen LogP contribution in [0.25, 0.3) is 0 Å². The van der Waals surface area contributed by atoms with E-state index in [9.17, 15) is 5.11 Å². The van der Waals surface area contributed by atoms with Gasteiger partial charge in [-0.1, -0.05) is 20.4 Å². The zero-order chi connectivity index (χ0) is 25.1. The van der Waals surface area contributed by atoms with Crippen LogP contribution in [0.15, 0.2) is 12.2 Å². The van der Waals surface area contributed by atoms with E-state index in [-0.39, 0.29) is 16.9 Å². The van der Waals surface area contributed by atoms with Crippen molar-refractivity contribution >= 4 is 0 Å². The molecule has 5 aliphatic rings. The van der Waals surface area contributed by atoms with Gasteiger partial charge in [0.15, 0.2) is 0 Å². The highest BCUT2D eigenvalue weighted by Crippen LogP contribution is 2.88. The second kappa shape index (κ2) is 7.35. The molecule has 0 aliphatic heterocycles. The molecule has 0 aromatic heterocycles. The molecule has 0 heterocycles. The third kappa shape index (κ3) is 2.82. The Morgan fingerprint density at radius 2 is 1.62 bits per heavy atom. The first-order chi connectivity index (χ1) is 15.7. The van der Waals surface area contributed by atoms with E-state index < -0.39 is 0 Å². The second-order valence-corrected chi connectivity index (χ2v) is 15.4. The van der Waals surface area contributed by atoms with E-state index in [1.165, 1.54) is 51.5 Å². The fourth-order valence-corrected chi connectivity index (χ4v) is 11.3. The first kappa shape index (κ1) is 25.3. The second-order valence-electron chi connectivity index (χ2n) is 15.4. The lowest BCUT2D eigenvalue weighted by atomic mass is 9.43. The number of nitrogens with zero attached hydrogens (tertiary/aromatic N) is 2. The number of rotatable bonds is 5. The van der Waals surface area contributed by atoms with Crippen molar-refractivity contribution in [3.05, 3.63) is 12.2 Å². The van der Waals surface area contributed by atoms with Crippen molar-refractivity contribution in [3.63, 3.8) is 0 Å². The zero-order valence-electron chi connectivity index (χ0n) is 24.1. The van der Waals surface area contributed by atoms with Crippen molar-refractivity contribution in [1.82, 2.24) is 0 Å². The van der Waals surface area contributed by atoms with E-state index in [2.05, 4.69) is 62.8 Å².